The van der Waals surface area contributed by atoms with Crippen LogP contribution in [0.5, 0.6) is 0 Å². The average Bonchev–Trinajstić information content (AvgIpc) is 2.58. The molecule has 0 radical (unpaired) electrons. The summed E-state index contributed by atoms with van der Waals surface area (Å²) in [5, 5.41) is 2.83. The predicted octanol–water partition coefficient (Wildman–Crippen LogP) is 2.93. The SMILES string of the molecule is CCN(CC)C(=O)c1cccc(NC(=O)Cc2ccc(N)cc2)c1. The van der Waals surface area contributed by atoms with E-state index in [0.29, 0.717) is 30.0 Å². The molecule has 0 heterocycles. The van der Waals surface area contributed by atoms with Gasteiger partial charge in [0.05, 0.1) is 6.42 Å². The van der Waals surface area contributed by atoms with Crippen LogP contribution in [0.4, 0.5) is 11.4 Å². The van der Waals surface area contributed by atoms with E-state index in [1.54, 1.807) is 41.3 Å². The van der Waals surface area contributed by atoms with Gasteiger partial charge < -0.3 is 16.0 Å². The van der Waals surface area contributed by atoms with E-state index in [-0.39, 0.29) is 18.2 Å². The molecule has 5 heteroatoms. The maximum Gasteiger partial charge on any atom is 0.253 e. The zero-order chi connectivity index (χ0) is 17.5. The minimum Gasteiger partial charge on any atom is -0.399 e. The fourth-order valence-electron chi connectivity index (χ4n) is 2.45. The normalized spacial score (nSPS) is 10.2. The minimum atomic E-state index is -0.132. The van der Waals surface area contributed by atoms with Crippen molar-refractivity contribution in [1.82, 2.24) is 4.90 Å². The number of hydrogen-bond acceptors (Lipinski definition) is 3. The van der Waals surface area contributed by atoms with Crippen LogP contribution in [-0.4, -0.2) is 29.8 Å². The van der Waals surface area contributed by atoms with Gasteiger partial charge in [0.15, 0.2) is 0 Å². The van der Waals surface area contributed by atoms with Gasteiger partial charge in [0, 0.05) is 30.0 Å². The smallest absolute Gasteiger partial charge is 0.253 e. The van der Waals surface area contributed by atoms with Gasteiger partial charge in [-0.3, -0.25) is 9.59 Å². The maximum absolute atomic E-state index is 12.4. The molecule has 0 atom stereocenters. The highest BCUT2D eigenvalue weighted by Gasteiger charge is 2.13. The van der Waals surface area contributed by atoms with Gasteiger partial charge >= 0.3 is 0 Å². The van der Waals surface area contributed by atoms with Crippen LogP contribution in [0.1, 0.15) is 29.8 Å². The number of hydrogen-bond donors (Lipinski definition) is 2. The molecule has 0 saturated heterocycles. The Morgan fingerprint density at radius 3 is 2.33 bits per heavy atom. The highest BCUT2D eigenvalue weighted by molar-refractivity contribution is 5.97. The molecule has 2 rings (SSSR count). The summed E-state index contributed by atoms with van der Waals surface area (Å²) in [4.78, 5) is 26.3. The second-order valence-electron chi connectivity index (χ2n) is 5.52. The molecular formula is C19H23N3O2. The number of amides is 2. The van der Waals surface area contributed by atoms with E-state index in [2.05, 4.69) is 5.32 Å². The number of benzene rings is 2. The number of carbonyl (C=O) groups excluding carboxylic acids is 2. The van der Waals surface area contributed by atoms with Gasteiger partial charge in [0.1, 0.15) is 0 Å². The van der Waals surface area contributed by atoms with Crippen molar-refractivity contribution in [2.45, 2.75) is 20.3 Å². The molecule has 2 aromatic rings. The van der Waals surface area contributed by atoms with Gasteiger partial charge in [-0.05, 0) is 49.7 Å². The van der Waals surface area contributed by atoms with Crippen LogP contribution in [0.25, 0.3) is 0 Å². The van der Waals surface area contributed by atoms with Crippen LogP contribution < -0.4 is 11.1 Å². The van der Waals surface area contributed by atoms with Gasteiger partial charge in [-0.2, -0.15) is 0 Å². The highest BCUT2D eigenvalue weighted by Crippen LogP contribution is 2.14. The molecular weight excluding hydrogens is 302 g/mol. The van der Waals surface area contributed by atoms with Crippen LogP contribution in [0.2, 0.25) is 0 Å². The summed E-state index contributed by atoms with van der Waals surface area (Å²) in [6.45, 7) is 5.20. The van der Waals surface area contributed by atoms with E-state index in [0.717, 1.165) is 5.56 Å². The van der Waals surface area contributed by atoms with Crippen molar-refractivity contribution >= 4 is 23.2 Å². The second kappa shape index (κ2) is 8.15. The molecule has 0 aliphatic heterocycles. The molecule has 0 bridgehead atoms. The largest absolute Gasteiger partial charge is 0.399 e. The summed E-state index contributed by atoms with van der Waals surface area (Å²) >= 11 is 0. The van der Waals surface area contributed by atoms with Crippen LogP contribution in [-0.2, 0) is 11.2 Å². The molecule has 2 amide bonds. The summed E-state index contributed by atoms with van der Waals surface area (Å²) in [6.07, 6.45) is 0.258. The fourth-order valence-corrected chi connectivity index (χ4v) is 2.45. The molecule has 2 aromatic carbocycles. The molecule has 5 nitrogen and oxygen atoms in total. The molecule has 126 valence electrons. The summed E-state index contributed by atoms with van der Waals surface area (Å²) in [7, 11) is 0. The van der Waals surface area contributed by atoms with E-state index in [1.165, 1.54) is 0 Å². The summed E-state index contributed by atoms with van der Waals surface area (Å²) in [5.74, 6) is -0.165. The molecule has 0 aromatic heterocycles. The van der Waals surface area contributed by atoms with Gasteiger partial charge in [0.25, 0.3) is 5.91 Å². The van der Waals surface area contributed by atoms with Crippen molar-refractivity contribution in [2.75, 3.05) is 24.1 Å². The molecule has 0 fully saturated rings. The summed E-state index contributed by atoms with van der Waals surface area (Å²) < 4.78 is 0. The number of carbonyl (C=O) groups is 2. The molecule has 0 aliphatic carbocycles. The molecule has 0 unspecified atom stereocenters. The second-order valence-corrected chi connectivity index (χ2v) is 5.52. The number of anilines is 2. The third-order valence-electron chi connectivity index (χ3n) is 3.79. The highest BCUT2D eigenvalue weighted by atomic mass is 16.2. The first-order valence-corrected chi connectivity index (χ1v) is 8.07. The third kappa shape index (κ3) is 4.59. The predicted molar refractivity (Wildman–Crippen MR) is 96.9 cm³/mol. The zero-order valence-corrected chi connectivity index (χ0v) is 14.1. The van der Waals surface area contributed by atoms with Gasteiger partial charge in [-0.25, -0.2) is 0 Å². The van der Waals surface area contributed by atoms with E-state index in [4.69, 9.17) is 5.73 Å². The lowest BCUT2D eigenvalue weighted by molar-refractivity contribution is -0.115. The van der Waals surface area contributed by atoms with Gasteiger partial charge in [-0.1, -0.05) is 18.2 Å². The van der Waals surface area contributed by atoms with Crippen LogP contribution >= 0.6 is 0 Å². The summed E-state index contributed by atoms with van der Waals surface area (Å²) in [5.41, 5.74) is 8.38. The van der Waals surface area contributed by atoms with E-state index in [1.807, 2.05) is 26.0 Å². The standard InChI is InChI=1S/C19H23N3O2/c1-3-22(4-2)19(24)15-6-5-7-17(13-15)21-18(23)12-14-8-10-16(20)11-9-14/h5-11,13H,3-4,12,20H2,1-2H3,(H,21,23). The van der Waals surface area contributed by atoms with Gasteiger partial charge in [-0.15, -0.1) is 0 Å². The third-order valence-corrected chi connectivity index (χ3v) is 3.79. The number of nitrogens with zero attached hydrogens (tertiary/aromatic N) is 1. The first-order chi connectivity index (χ1) is 11.5. The fraction of sp³-hybridized carbons (Fsp3) is 0.263. The van der Waals surface area contributed by atoms with Crippen LogP contribution in [0.15, 0.2) is 48.5 Å². The number of nitrogen functional groups attached to an aromatic ring is 1. The van der Waals surface area contributed by atoms with E-state index >= 15 is 0 Å². The average molecular weight is 325 g/mol. The van der Waals surface area contributed by atoms with Crippen LogP contribution in [0, 0.1) is 0 Å². The lowest BCUT2D eigenvalue weighted by atomic mass is 10.1. The van der Waals surface area contributed by atoms with E-state index in [9.17, 15) is 9.59 Å². The lowest BCUT2D eigenvalue weighted by Crippen LogP contribution is -2.30. The Morgan fingerprint density at radius 1 is 1.04 bits per heavy atom. The van der Waals surface area contributed by atoms with E-state index < -0.39 is 0 Å². The molecule has 24 heavy (non-hydrogen) atoms. The Hall–Kier alpha value is -2.82. The maximum atomic E-state index is 12.4. The topological polar surface area (TPSA) is 75.4 Å². The molecule has 0 saturated carbocycles. The molecule has 3 N–H and O–H groups in total. The van der Waals surface area contributed by atoms with Crippen molar-refractivity contribution in [1.29, 1.82) is 0 Å². The number of rotatable bonds is 6. The minimum absolute atomic E-state index is 0.0327. The Bertz CT molecular complexity index is 707. The Kier molecular flexibility index (Phi) is 5.95. The van der Waals surface area contributed by atoms with Gasteiger partial charge in [0.2, 0.25) is 5.91 Å². The van der Waals surface area contributed by atoms with Crippen molar-refractivity contribution < 1.29 is 9.59 Å². The molecule has 0 aliphatic rings. The Morgan fingerprint density at radius 2 is 1.71 bits per heavy atom. The zero-order valence-electron chi connectivity index (χ0n) is 14.1. The lowest BCUT2D eigenvalue weighted by Gasteiger charge is -2.19. The van der Waals surface area contributed by atoms with Crippen molar-refractivity contribution in [2.24, 2.45) is 0 Å². The number of nitrogens with one attached hydrogen (secondary N) is 1. The molecule has 0 spiro atoms. The monoisotopic (exact) mass is 325 g/mol. The summed E-state index contributed by atoms with van der Waals surface area (Å²) in [6, 6.07) is 14.2. The first-order valence-electron chi connectivity index (χ1n) is 8.07. The van der Waals surface area contributed by atoms with Crippen molar-refractivity contribution in [3.63, 3.8) is 0 Å². The van der Waals surface area contributed by atoms with Crippen molar-refractivity contribution in [3.8, 4) is 0 Å². The van der Waals surface area contributed by atoms with Crippen molar-refractivity contribution in [3.05, 3.63) is 59.7 Å². The van der Waals surface area contributed by atoms with Crippen LogP contribution in [0.3, 0.4) is 0 Å². The quantitative estimate of drug-likeness (QED) is 0.802. The first kappa shape index (κ1) is 17.5. The number of nitrogens with two attached hydrogens (primary N) is 1. The Labute approximate surface area is 142 Å². The Balaban J connectivity index is 2.04.